The van der Waals surface area contributed by atoms with Gasteiger partial charge in [-0.2, -0.15) is 0 Å². The molecule has 2 nitrogen and oxygen atoms in total. The molecule has 0 radical (unpaired) electrons. The van der Waals surface area contributed by atoms with Crippen molar-refractivity contribution < 1.29 is 8.78 Å². The van der Waals surface area contributed by atoms with E-state index in [1.165, 1.54) is 25.0 Å². The van der Waals surface area contributed by atoms with Gasteiger partial charge in [0.05, 0.1) is 0 Å². The van der Waals surface area contributed by atoms with Crippen LogP contribution < -0.4 is 5.32 Å². The van der Waals surface area contributed by atoms with E-state index in [0.717, 1.165) is 25.7 Å². The van der Waals surface area contributed by atoms with Crippen LogP contribution in [0.2, 0.25) is 0 Å². The van der Waals surface area contributed by atoms with Crippen LogP contribution in [0, 0.1) is 17.6 Å². The minimum atomic E-state index is -0.525. The molecule has 1 aromatic carbocycles. The molecule has 0 bridgehead atoms. The average Bonchev–Trinajstić information content (AvgIpc) is 2.47. The van der Waals surface area contributed by atoms with Gasteiger partial charge < -0.3 is 10.2 Å². The third-order valence-corrected chi connectivity index (χ3v) is 4.73. The van der Waals surface area contributed by atoms with Crippen LogP contribution in [0.25, 0.3) is 0 Å². The van der Waals surface area contributed by atoms with Gasteiger partial charge in [0.15, 0.2) is 0 Å². The lowest BCUT2D eigenvalue weighted by Gasteiger charge is -2.35. The lowest BCUT2D eigenvalue weighted by molar-refractivity contribution is 0.165. The Morgan fingerprint density at radius 1 is 1.24 bits per heavy atom. The zero-order valence-corrected chi connectivity index (χ0v) is 13.2. The van der Waals surface area contributed by atoms with E-state index in [2.05, 4.69) is 24.1 Å². The molecule has 0 amide bonds. The Morgan fingerprint density at radius 3 is 2.48 bits per heavy atom. The molecular formula is C17H26F2N2. The van der Waals surface area contributed by atoms with E-state index in [4.69, 9.17) is 0 Å². The van der Waals surface area contributed by atoms with Crippen molar-refractivity contribution in [2.75, 3.05) is 19.6 Å². The molecule has 0 saturated carbocycles. The molecule has 0 spiro atoms. The first-order valence-electron chi connectivity index (χ1n) is 7.94. The van der Waals surface area contributed by atoms with Crippen molar-refractivity contribution in [3.63, 3.8) is 0 Å². The van der Waals surface area contributed by atoms with Crippen molar-refractivity contribution in [1.29, 1.82) is 0 Å². The first-order valence-corrected chi connectivity index (χ1v) is 7.94. The fraction of sp³-hybridized carbons (Fsp3) is 0.647. The first kappa shape index (κ1) is 16.4. The standard InChI is InChI=1S/C17H26F2N2/c1-4-21-9-7-14(8-10-21)12(2)20-13(3)16-6-5-15(18)11-17(16)19/h5-6,11-14,20H,4,7-10H2,1-3H3. The zero-order chi connectivity index (χ0) is 15.4. The maximum Gasteiger partial charge on any atom is 0.130 e. The quantitative estimate of drug-likeness (QED) is 0.890. The summed E-state index contributed by atoms with van der Waals surface area (Å²) in [5.74, 6) is -0.370. The highest BCUT2D eigenvalue weighted by atomic mass is 19.1. The van der Waals surface area contributed by atoms with Crippen LogP contribution >= 0.6 is 0 Å². The molecule has 0 aliphatic carbocycles. The number of piperidine rings is 1. The van der Waals surface area contributed by atoms with Gasteiger partial charge in [0.2, 0.25) is 0 Å². The number of rotatable bonds is 5. The fourth-order valence-corrected chi connectivity index (χ4v) is 3.24. The Kier molecular flexibility index (Phi) is 5.71. The predicted molar refractivity (Wildman–Crippen MR) is 82.2 cm³/mol. The van der Waals surface area contributed by atoms with Crippen molar-refractivity contribution >= 4 is 0 Å². The first-order chi connectivity index (χ1) is 10.0. The molecule has 0 aromatic heterocycles. The summed E-state index contributed by atoms with van der Waals surface area (Å²) in [6.07, 6.45) is 2.36. The largest absolute Gasteiger partial charge is 0.307 e. The van der Waals surface area contributed by atoms with Gasteiger partial charge in [-0.05, 0) is 58.3 Å². The average molecular weight is 296 g/mol. The maximum absolute atomic E-state index is 13.8. The molecule has 1 aliphatic rings. The van der Waals surface area contributed by atoms with Gasteiger partial charge in [-0.15, -0.1) is 0 Å². The molecule has 1 aliphatic heterocycles. The fourth-order valence-electron chi connectivity index (χ4n) is 3.24. The molecular weight excluding hydrogens is 270 g/mol. The Bertz CT molecular complexity index is 456. The smallest absolute Gasteiger partial charge is 0.130 e. The van der Waals surface area contributed by atoms with Crippen LogP contribution in [0.1, 0.15) is 45.2 Å². The normalized spacial score (nSPS) is 20.4. The number of likely N-dealkylation sites (tertiary alicyclic amines) is 1. The van der Waals surface area contributed by atoms with Crippen LogP contribution in [-0.2, 0) is 0 Å². The number of hydrogen-bond donors (Lipinski definition) is 1. The van der Waals surface area contributed by atoms with Gasteiger partial charge in [-0.3, -0.25) is 0 Å². The zero-order valence-electron chi connectivity index (χ0n) is 13.2. The molecule has 1 fully saturated rings. The molecule has 118 valence electrons. The van der Waals surface area contributed by atoms with Crippen molar-refractivity contribution in [3.8, 4) is 0 Å². The van der Waals surface area contributed by atoms with Gasteiger partial charge in [0, 0.05) is 23.7 Å². The number of halogens is 2. The molecule has 1 N–H and O–H groups in total. The van der Waals surface area contributed by atoms with E-state index in [0.29, 0.717) is 17.5 Å². The summed E-state index contributed by atoms with van der Waals surface area (Å²) >= 11 is 0. The minimum Gasteiger partial charge on any atom is -0.307 e. The van der Waals surface area contributed by atoms with Gasteiger partial charge in [0.1, 0.15) is 11.6 Å². The number of nitrogens with one attached hydrogen (secondary N) is 1. The second-order valence-corrected chi connectivity index (χ2v) is 6.11. The lowest BCUT2D eigenvalue weighted by Crippen LogP contribution is -2.42. The Labute approximate surface area is 126 Å². The van der Waals surface area contributed by atoms with Crippen LogP contribution in [0.15, 0.2) is 18.2 Å². The maximum atomic E-state index is 13.8. The number of benzene rings is 1. The molecule has 2 unspecified atom stereocenters. The Morgan fingerprint density at radius 2 is 1.90 bits per heavy atom. The molecule has 2 rings (SSSR count). The molecule has 21 heavy (non-hydrogen) atoms. The van der Waals surface area contributed by atoms with Crippen LogP contribution in [0.5, 0.6) is 0 Å². The summed E-state index contributed by atoms with van der Waals surface area (Å²) in [4.78, 5) is 2.46. The second-order valence-electron chi connectivity index (χ2n) is 6.11. The van der Waals surface area contributed by atoms with E-state index in [9.17, 15) is 8.78 Å². The summed E-state index contributed by atoms with van der Waals surface area (Å²) < 4.78 is 26.8. The summed E-state index contributed by atoms with van der Waals surface area (Å²) in [5.41, 5.74) is 0.536. The molecule has 1 heterocycles. The highest BCUT2D eigenvalue weighted by Gasteiger charge is 2.24. The highest BCUT2D eigenvalue weighted by Crippen LogP contribution is 2.24. The predicted octanol–water partition coefficient (Wildman–Crippen LogP) is 3.74. The van der Waals surface area contributed by atoms with Crippen LogP contribution in [0.3, 0.4) is 0 Å². The number of nitrogens with zero attached hydrogens (tertiary/aromatic N) is 1. The van der Waals surface area contributed by atoms with Gasteiger partial charge in [-0.1, -0.05) is 13.0 Å². The Hall–Kier alpha value is -1.00. The third kappa shape index (κ3) is 4.24. The van der Waals surface area contributed by atoms with Crippen molar-refractivity contribution in [3.05, 3.63) is 35.4 Å². The summed E-state index contributed by atoms with van der Waals surface area (Å²) in [5, 5.41) is 3.48. The Balaban J connectivity index is 1.91. The SMILES string of the molecule is CCN1CCC(C(C)NC(C)c2ccc(F)cc2F)CC1. The molecule has 1 saturated heterocycles. The second kappa shape index (κ2) is 7.32. The lowest BCUT2D eigenvalue weighted by atomic mass is 9.89. The van der Waals surface area contributed by atoms with E-state index in [-0.39, 0.29) is 6.04 Å². The van der Waals surface area contributed by atoms with Gasteiger partial charge in [-0.25, -0.2) is 8.78 Å². The van der Waals surface area contributed by atoms with Crippen LogP contribution in [-0.4, -0.2) is 30.6 Å². The molecule has 4 heteroatoms. The van der Waals surface area contributed by atoms with E-state index >= 15 is 0 Å². The van der Waals surface area contributed by atoms with E-state index in [1.807, 2.05) is 6.92 Å². The van der Waals surface area contributed by atoms with Gasteiger partial charge in [0.25, 0.3) is 0 Å². The van der Waals surface area contributed by atoms with E-state index < -0.39 is 11.6 Å². The summed E-state index contributed by atoms with van der Waals surface area (Å²) in [7, 11) is 0. The van der Waals surface area contributed by atoms with Gasteiger partial charge >= 0.3 is 0 Å². The van der Waals surface area contributed by atoms with Crippen LogP contribution in [0.4, 0.5) is 8.78 Å². The molecule has 2 atom stereocenters. The summed E-state index contributed by atoms with van der Waals surface area (Å²) in [6.45, 7) is 9.71. The molecule has 1 aromatic rings. The highest BCUT2D eigenvalue weighted by molar-refractivity contribution is 5.21. The topological polar surface area (TPSA) is 15.3 Å². The monoisotopic (exact) mass is 296 g/mol. The van der Waals surface area contributed by atoms with E-state index in [1.54, 1.807) is 0 Å². The third-order valence-electron chi connectivity index (χ3n) is 4.73. The van der Waals surface area contributed by atoms with Crippen molar-refractivity contribution in [1.82, 2.24) is 10.2 Å². The minimum absolute atomic E-state index is 0.107. The van der Waals surface area contributed by atoms with Crippen molar-refractivity contribution in [2.24, 2.45) is 5.92 Å². The van der Waals surface area contributed by atoms with Crippen molar-refractivity contribution in [2.45, 2.75) is 45.7 Å². The summed E-state index contributed by atoms with van der Waals surface area (Å²) in [6, 6.07) is 4.04. The number of hydrogen-bond acceptors (Lipinski definition) is 2.